The van der Waals surface area contributed by atoms with Crippen molar-refractivity contribution in [1.82, 2.24) is 4.90 Å². The smallest absolute Gasteiger partial charge is 0.219 e. The van der Waals surface area contributed by atoms with E-state index in [1.807, 2.05) is 0 Å². The van der Waals surface area contributed by atoms with Gasteiger partial charge in [-0.25, -0.2) is 0 Å². The fourth-order valence-corrected chi connectivity index (χ4v) is 4.47. The minimum Gasteiger partial charge on any atom is -0.372 e. The lowest BCUT2D eigenvalue weighted by molar-refractivity contribution is -0.130. The average Bonchev–Trinajstić information content (AvgIpc) is 2.88. The molecule has 1 amide bonds. The number of β-amino-alcohol motifs (C(OH)–C–C–N with tert-alkyl or cyclic N) is 1. The Morgan fingerprint density at radius 3 is 2.95 bits per heavy atom. The number of rotatable bonds is 0. The topological polar surface area (TPSA) is 43.8 Å². The Morgan fingerprint density at radius 2 is 2.14 bits per heavy atom. The summed E-state index contributed by atoms with van der Waals surface area (Å²) in [6.07, 6.45) is 3.23. The molecule has 1 fully saturated rings. The Bertz CT molecular complexity index is 586. The Balaban J connectivity index is 1.84. The lowest BCUT2D eigenvalue weighted by Gasteiger charge is -2.41. The zero-order chi connectivity index (χ0) is 14.6. The van der Waals surface area contributed by atoms with E-state index in [1.165, 1.54) is 36.1 Å². The molecule has 0 radical (unpaired) electrons. The van der Waals surface area contributed by atoms with Gasteiger partial charge in [0.25, 0.3) is 0 Å². The summed E-state index contributed by atoms with van der Waals surface area (Å²) in [7, 11) is 0. The van der Waals surface area contributed by atoms with Gasteiger partial charge in [-0.05, 0) is 35.8 Å². The van der Waals surface area contributed by atoms with Crippen LogP contribution in [0.15, 0.2) is 18.2 Å². The molecule has 4 heteroatoms. The quantitative estimate of drug-likeness (QED) is 0.794. The number of para-hydroxylation sites is 1. The molecular weight excluding hydrogens is 264 g/mol. The highest BCUT2D eigenvalue weighted by molar-refractivity contribution is 5.75. The van der Waals surface area contributed by atoms with Gasteiger partial charge in [-0.2, -0.15) is 0 Å². The van der Waals surface area contributed by atoms with Gasteiger partial charge >= 0.3 is 0 Å². The SMILES string of the molecule is CC(=O)N1Cc2cccc3c2N(CC2CCCC32)C(O)C1. The first kappa shape index (κ1) is 13.1. The van der Waals surface area contributed by atoms with E-state index in [2.05, 4.69) is 23.1 Å². The minimum absolute atomic E-state index is 0.0340. The van der Waals surface area contributed by atoms with E-state index in [4.69, 9.17) is 0 Å². The second-order valence-corrected chi connectivity index (χ2v) is 6.68. The highest BCUT2D eigenvalue weighted by atomic mass is 16.3. The Labute approximate surface area is 125 Å². The molecule has 0 aromatic heterocycles. The van der Waals surface area contributed by atoms with Crippen molar-refractivity contribution in [1.29, 1.82) is 0 Å². The molecule has 21 heavy (non-hydrogen) atoms. The van der Waals surface area contributed by atoms with E-state index < -0.39 is 6.23 Å². The summed E-state index contributed by atoms with van der Waals surface area (Å²) in [5.74, 6) is 1.34. The van der Waals surface area contributed by atoms with Gasteiger partial charge in [0.1, 0.15) is 6.23 Å². The van der Waals surface area contributed by atoms with Crippen LogP contribution < -0.4 is 4.90 Å². The van der Waals surface area contributed by atoms with Crippen LogP contribution in [0.3, 0.4) is 0 Å². The maximum Gasteiger partial charge on any atom is 0.219 e. The molecule has 0 saturated heterocycles. The number of aliphatic hydroxyl groups excluding tert-OH is 1. The number of benzene rings is 1. The van der Waals surface area contributed by atoms with Crippen molar-refractivity contribution in [2.24, 2.45) is 5.92 Å². The van der Waals surface area contributed by atoms with E-state index in [-0.39, 0.29) is 5.91 Å². The zero-order valence-electron chi connectivity index (χ0n) is 12.5. The normalized spacial score (nSPS) is 30.7. The number of aliphatic hydroxyl groups is 1. The van der Waals surface area contributed by atoms with Gasteiger partial charge in [0.05, 0.1) is 6.54 Å². The molecule has 3 unspecified atom stereocenters. The van der Waals surface area contributed by atoms with E-state index in [1.54, 1.807) is 11.8 Å². The van der Waals surface area contributed by atoms with Crippen LogP contribution in [0.2, 0.25) is 0 Å². The van der Waals surface area contributed by atoms with Gasteiger partial charge < -0.3 is 14.9 Å². The number of fused-ring (bicyclic) bond motifs is 2. The van der Waals surface area contributed by atoms with Crippen LogP contribution >= 0.6 is 0 Å². The predicted octanol–water partition coefficient (Wildman–Crippen LogP) is 2.07. The monoisotopic (exact) mass is 286 g/mol. The fourth-order valence-electron chi connectivity index (χ4n) is 4.47. The maximum absolute atomic E-state index is 11.8. The molecule has 4 nitrogen and oxygen atoms in total. The average molecular weight is 286 g/mol. The van der Waals surface area contributed by atoms with Gasteiger partial charge in [-0.3, -0.25) is 4.79 Å². The first-order valence-electron chi connectivity index (χ1n) is 7.97. The number of carbonyl (C=O) groups excluding carboxylic acids is 1. The molecule has 1 saturated carbocycles. The molecule has 2 heterocycles. The summed E-state index contributed by atoms with van der Waals surface area (Å²) in [6.45, 7) is 3.53. The van der Waals surface area contributed by atoms with Gasteiger partial charge in [0.15, 0.2) is 0 Å². The third-order valence-electron chi connectivity index (χ3n) is 5.48. The van der Waals surface area contributed by atoms with Crippen LogP contribution in [0.1, 0.15) is 43.2 Å². The van der Waals surface area contributed by atoms with Crippen molar-refractivity contribution in [3.8, 4) is 0 Å². The largest absolute Gasteiger partial charge is 0.372 e. The van der Waals surface area contributed by atoms with Gasteiger partial charge in [-0.1, -0.05) is 24.6 Å². The second kappa shape index (κ2) is 4.73. The van der Waals surface area contributed by atoms with E-state index >= 15 is 0 Å². The van der Waals surface area contributed by atoms with Gasteiger partial charge in [-0.15, -0.1) is 0 Å². The van der Waals surface area contributed by atoms with Crippen LogP contribution in [-0.2, 0) is 11.3 Å². The van der Waals surface area contributed by atoms with Crippen LogP contribution in [0.25, 0.3) is 0 Å². The molecule has 1 aliphatic carbocycles. The van der Waals surface area contributed by atoms with E-state index in [0.717, 1.165) is 6.54 Å². The molecule has 0 bridgehead atoms. The molecule has 4 rings (SSSR count). The third kappa shape index (κ3) is 1.96. The molecule has 2 aliphatic heterocycles. The first-order valence-corrected chi connectivity index (χ1v) is 7.97. The Kier molecular flexibility index (Phi) is 2.96. The zero-order valence-corrected chi connectivity index (χ0v) is 12.5. The van der Waals surface area contributed by atoms with Crippen molar-refractivity contribution in [2.75, 3.05) is 18.0 Å². The van der Waals surface area contributed by atoms with Crippen molar-refractivity contribution >= 4 is 11.6 Å². The van der Waals surface area contributed by atoms with Crippen LogP contribution in [-0.4, -0.2) is 35.2 Å². The van der Waals surface area contributed by atoms with Gasteiger partial charge in [0, 0.05) is 25.7 Å². The predicted molar refractivity (Wildman–Crippen MR) is 81.0 cm³/mol. The summed E-state index contributed by atoms with van der Waals surface area (Å²) in [5, 5.41) is 10.6. The van der Waals surface area contributed by atoms with Gasteiger partial charge in [0.2, 0.25) is 5.91 Å². The number of amides is 1. The molecular formula is C17H22N2O2. The van der Waals surface area contributed by atoms with Crippen molar-refractivity contribution < 1.29 is 9.90 Å². The summed E-state index contributed by atoms with van der Waals surface area (Å²) < 4.78 is 0. The fraction of sp³-hybridized carbons (Fsp3) is 0.588. The molecule has 3 atom stereocenters. The number of hydrogen-bond donors (Lipinski definition) is 1. The summed E-state index contributed by atoms with van der Waals surface area (Å²) >= 11 is 0. The number of carbonyl (C=O) groups is 1. The Morgan fingerprint density at radius 1 is 1.29 bits per heavy atom. The molecule has 1 aromatic carbocycles. The molecule has 3 aliphatic rings. The van der Waals surface area contributed by atoms with Crippen molar-refractivity contribution in [3.05, 3.63) is 29.3 Å². The van der Waals surface area contributed by atoms with Crippen molar-refractivity contribution in [3.63, 3.8) is 0 Å². The maximum atomic E-state index is 11.8. The van der Waals surface area contributed by atoms with Crippen LogP contribution in [0, 0.1) is 5.92 Å². The third-order valence-corrected chi connectivity index (χ3v) is 5.48. The first-order chi connectivity index (χ1) is 10.1. The van der Waals surface area contributed by atoms with Crippen molar-refractivity contribution in [2.45, 2.75) is 44.9 Å². The van der Waals surface area contributed by atoms with Crippen LogP contribution in [0.4, 0.5) is 5.69 Å². The molecule has 1 aromatic rings. The van der Waals surface area contributed by atoms with E-state index in [9.17, 15) is 9.90 Å². The number of hydrogen-bond acceptors (Lipinski definition) is 3. The lowest BCUT2D eigenvalue weighted by Crippen LogP contribution is -2.47. The molecule has 112 valence electrons. The molecule has 1 N–H and O–H groups in total. The number of nitrogens with zero attached hydrogens (tertiary/aromatic N) is 2. The lowest BCUT2D eigenvalue weighted by atomic mass is 9.82. The highest BCUT2D eigenvalue weighted by Gasteiger charge is 2.41. The number of anilines is 1. The summed E-state index contributed by atoms with van der Waals surface area (Å²) in [6, 6.07) is 6.45. The summed E-state index contributed by atoms with van der Waals surface area (Å²) in [4.78, 5) is 15.7. The minimum atomic E-state index is -0.585. The molecule has 0 spiro atoms. The standard InChI is InChI=1S/C17H22N2O2/c1-11(20)18-8-13-5-3-7-15-14-6-2-4-12(14)9-19(17(13)15)16(21)10-18/h3,5,7,12,14,16,21H,2,4,6,8-10H2,1H3. The second-order valence-electron chi connectivity index (χ2n) is 6.68. The summed E-state index contributed by atoms with van der Waals surface area (Å²) in [5.41, 5.74) is 3.78. The van der Waals surface area contributed by atoms with E-state index in [0.29, 0.717) is 24.9 Å². The Hall–Kier alpha value is -1.55. The highest BCUT2D eigenvalue weighted by Crippen LogP contribution is 2.49. The van der Waals surface area contributed by atoms with Crippen LogP contribution in [0.5, 0.6) is 0 Å².